The molecule has 0 radical (unpaired) electrons. The molecule has 0 bridgehead atoms. The third kappa shape index (κ3) is 55.5. The lowest BCUT2D eigenvalue weighted by atomic mass is 10.0. The second kappa shape index (κ2) is 52.0. The van der Waals surface area contributed by atoms with Crippen LogP contribution in [0.15, 0.2) is 134 Å². The minimum Gasteiger partial charge on any atom is -0.461 e. The molecular weight excluding hydrogens is 918 g/mol. The second-order valence-corrected chi connectivity index (χ2v) is 20.7. The molecule has 1 N–H and O–H groups in total. The Morgan fingerprint density at radius 2 is 0.792 bits per heavy atom. The average Bonchev–Trinajstić information content (AvgIpc) is 3.34. The van der Waals surface area contributed by atoms with Gasteiger partial charge in [0.1, 0.15) is 19.8 Å². The van der Waals surface area contributed by atoms with E-state index in [1.54, 1.807) is 6.08 Å². The molecule has 0 saturated heterocycles. The largest absolute Gasteiger partial charge is 0.472 e. The molecule has 0 aromatic rings. The quantitative estimate of drug-likeness (QED) is 0.0211. The predicted octanol–water partition coefficient (Wildman–Crippen LogP) is 17.4. The lowest BCUT2D eigenvalue weighted by Crippen LogP contribution is -2.37. The van der Waals surface area contributed by atoms with Crippen LogP contribution < -0.4 is 0 Å². The highest BCUT2D eigenvalue weighted by atomic mass is 31.2. The molecule has 0 aromatic heterocycles. The van der Waals surface area contributed by atoms with Crippen LogP contribution in [0.5, 0.6) is 0 Å². The number of ether oxygens (including phenoxy) is 2. The first kappa shape index (κ1) is 68.2. The van der Waals surface area contributed by atoms with Gasteiger partial charge in [0.15, 0.2) is 6.10 Å². The molecule has 0 fully saturated rings. The van der Waals surface area contributed by atoms with Crippen molar-refractivity contribution >= 4 is 19.8 Å². The zero-order valence-electron chi connectivity index (χ0n) is 46.1. The highest BCUT2D eigenvalue weighted by Gasteiger charge is 2.27. The smallest absolute Gasteiger partial charge is 0.461 e. The lowest BCUT2D eigenvalue weighted by Gasteiger charge is -2.24. The number of likely N-dealkylation sites (N-methyl/N-ethyl adjacent to an activating group) is 1. The monoisotopic (exact) mass is 1020 g/mol. The van der Waals surface area contributed by atoms with Crippen molar-refractivity contribution in [1.29, 1.82) is 0 Å². The van der Waals surface area contributed by atoms with Crippen molar-refractivity contribution in [3.05, 3.63) is 134 Å². The van der Waals surface area contributed by atoms with E-state index in [-0.39, 0.29) is 26.1 Å². The zero-order valence-corrected chi connectivity index (χ0v) is 47.0. The van der Waals surface area contributed by atoms with Gasteiger partial charge in [0.05, 0.1) is 34.2 Å². The third-order valence-corrected chi connectivity index (χ3v) is 12.2. The van der Waals surface area contributed by atoms with Crippen LogP contribution in [0.3, 0.4) is 0 Å². The first-order chi connectivity index (χ1) is 35.0. The van der Waals surface area contributed by atoms with Crippen LogP contribution in [0.25, 0.3) is 0 Å². The number of unbranched alkanes of at least 4 members (excludes halogenated alkanes) is 14. The molecule has 0 aliphatic heterocycles. The minimum atomic E-state index is -4.41. The van der Waals surface area contributed by atoms with Gasteiger partial charge in [-0.05, 0) is 89.9 Å². The summed E-state index contributed by atoms with van der Waals surface area (Å²) in [5.41, 5.74) is 0. The number of nitrogens with zero attached hydrogens (tertiary/aromatic N) is 1. The van der Waals surface area contributed by atoms with Crippen LogP contribution in [-0.2, 0) is 32.7 Å². The Morgan fingerprint density at radius 3 is 1.18 bits per heavy atom. The summed E-state index contributed by atoms with van der Waals surface area (Å²) >= 11 is 0. The van der Waals surface area contributed by atoms with Gasteiger partial charge in [-0.2, -0.15) is 0 Å². The fraction of sp³-hybridized carbons (Fsp3) is 0.613. The van der Waals surface area contributed by atoms with Crippen molar-refractivity contribution < 1.29 is 42.1 Å². The average molecular weight is 1020 g/mol. The Hall–Kier alpha value is -3.85. The number of carbonyl (C=O) groups is 2. The van der Waals surface area contributed by atoms with Gasteiger partial charge in [0.25, 0.3) is 0 Å². The highest BCUT2D eigenvalue weighted by molar-refractivity contribution is 7.47. The van der Waals surface area contributed by atoms with E-state index < -0.39 is 32.5 Å². The molecule has 0 heterocycles. The number of carbonyl (C=O) groups excluding carboxylic acids is 2. The molecule has 0 spiro atoms. The molecule has 0 rings (SSSR count). The summed E-state index contributed by atoms with van der Waals surface area (Å²) in [6.07, 6.45) is 75.6. The molecule has 0 aliphatic carbocycles. The van der Waals surface area contributed by atoms with Crippen molar-refractivity contribution in [2.75, 3.05) is 47.5 Å². The van der Waals surface area contributed by atoms with E-state index in [1.165, 1.54) is 70.6 Å². The van der Waals surface area contributed by atoms with Crippen LogP contribution in [0.4, 0.5) is 0 Å². The zero-order chi connectivity index (χ0) is 52.7. The fourth-order valence-electron chi connectivity index (χ4n) is 6.97. The maximum Gasteiger partial charge on any atom is 0.472 e. The maximum absolute atomic E-state index is 12.8. The fourth-order valence-corrected chi connectivity index (χ4v) is 7.71. The molecule has 72 heavy (non-hydrogen) atoms. The molecular formula is C62H103NO8P+. The lowest BCUT2D eigenvalue weighted by molar-refractivity contribution is -0.870. The Morgan fingerprint density at radius 1 is 0.444 bits per heavy atom. The summed E-state index contributed by atoms with van der Waals surface area (Å²) in [5, 5.41) is 0. The van der Waals surface area contributed by atoms with Crippen molar-refractivity contribution in [3.8, 4) is 0 Å². The molecule has 0 aliphatic rings. The summed E-state index contributed by atoms with van der Waals surface area (Å²) in [4.78, 5) is 35.5. The number of quaternary nitrogens is 1. The Balaban J connectivity index is 4.18. The summed E-state index contributed by atoms with van der Waals surface area (Å²) in [5.74, 6) is -0.955. The van der Waals surface area contributed by atoms with E-state index >= 15 is 0 Å². The van der Waals surface area contributed by atoms with Crippen LogP contribution in [0, 0.1) is 0 Å². The molecule has 9 nitrogen and oxygen atoms in total. The van der Waals surface area contributed by atoms with Crippen molar-refractivity contribution in [2.24, 2.45) is 0 Å². The topological polar surface area (TPSA) is 108 Å². The van der Waals surface area contributed by atoms with Gasteiger partial charge in [-0.25, -0.2) is 4.57 Å². The molecule has 408 valence electrons. The van der Waals surface area contributed by atoms with Gasteiger partial charge < -0.3 is 18.9 Å². The summed E-state index contributed by atoms with van der Waals surface area (Å²) in [6.45, 7) is 4.07. The van der Waals surface area contributed by atoms with E-state index in [1.807, 2.05) is 33.3 Å². The number of hydrogen-bond acceptors (Lipinski definition) is 7. The van der Waals surface area contributed by atoms with Gasteiger partial charge in [-0.15, -0.1) is 0 Å². The van der Waals surface area contributed by atoms with Crippen LogP contribution in [0.2, 0.25) is 0 Å². The molecule has 0 amide bonds. The Bertz CT molecular complexity index is 1670. The molecule has 2 atom stereocenters. The first-order valence-electron chi connectivity index (χ1n) is 27.9. The normalized spacial score (nSPS) is 14.4. The van der Waals surface area contributed by atoms with Crippen LogP contribution in [0.1, 0.15) is 194 Å². The van der Waals surface area contributed by atoms with E-state index in [0.717, 1.165) is 83.5 Å². The summed E-state index contributed by atoms with van der Waals surface area (Å²) < 4.78 is 34.3. The van der Waals surface area contributed by atoms with E-state index in [2.05, 4.69) is 129 Å². The number of rotatable bonds is 49. The van der Waals surface area contributed by atoms with Crippen LogP contribution >= 0.6 is 7.82 Å². The van der Waals surface area contributed by atoms with Gasteiger partial charge in [0.2, 0.25) is 0 Å². The molecule has 0 saturated carbocycles. The summed E-state index contributed by atoms with van der Waals surface area (Å²) in [7, 11) is 1.41. The van der Waals surface area contributed by atoms with Crippen molar-refractivity contribution in [3.63, 3.8) is 0 Å². The number of esters is 2. The summed E-state index contributed by atoms with van der Waals surface area (Å²) in [6, 6.07) is 0. The minimum absolute atomic E-state index is 0.0116. The second-order valence-electron chi connectivity index (χ2n) is 19.2. The number of phosphoric ester groups is 1. The molecule has 2 unspecified atom stereocenters. The van der Waals surface area contributed by atoms with Gasteiger partial charge in [0, 0.05) is 6.42 Å². The first-order valence-corrected chi connectivity index (χ1v) is 29.4. The van der Waals surface area contributed by atoms with Gasteiger partial charge >= 0.3 is 19.8 Å². The highest BCUT2D eigenvalue weighted by Crippen LogP contribution is 2.43. The number of phosphoric acid groups is 1. The van der Waals surface area contributed by atoms with Crippen molar-refractivity contribution in [2.45, 2.75) is 200 Å². The number of hydrogen-bond donors (Lipinski definition) is 1. The van der Waals surface area contributed by atoms with Crippen molar-refractivity contribution in [1.82, 2.24) is 0 Å². The van der Waals surface area contributed by atoms with Crippen LogP contribution in [-0.4, -0.2) is 74.9 Å². The van der Waals surface area contributed by atoms with E-state index in [4.69, 9.17) is 18.5 Å². The third-order valence-electron chi connectivity index (χ3n) is 11.2. The maximum atomic E-state index is 12.8. The van der Waals surface area contributed by atoms with Gasteiger partial charge in [-0.3, -0.25) is 18.6 Å². The Labute approximate surface area is 441 Å². The Kier molecular flexibility index (Phi) is 49.2. The van der Waals surface area contributed by atoms with Gasteiger partial charge in [-0.1, -0.05) is 225 Å². The van der Waals surface area contributed by atoms with E-state index in [0.29, 0.717) is 23.9 Å². The number of allylic oxidation sites excluding steroid dienone is 21. The predicted molar refractivity (Wildman–Crippen MR) is 307 cm³/mol. The molecule has 10 heteroatoms. The standard InChI is InChI=1S/C62H102NO8P/c1-6-8-10-12-14-16-18-20-22-23-24-25-26-27-28-29-30-31-32-33-34-35-36-37-38-39-41-43-45-47-49-51-53-55-62(65)71-60(59-70-72(66,67)69-57-56-63(3,4)5)58-68-61(64)54-52-50-48-46-44-42-40-21-19-17-15-13-11-9-7-2/h8-11,14-17,20-22,24-25,27-28,30-31,40,44,46,50,52,60H,6-7,12-13,18-19,23,26,29,32-39,41-43,45,47-49,51,53-59H2,1-5H3/p+1/b10-8-,11-9-,16-14-,17-15-,22-20-,25-24-,28-27-,31-30-,40-21-,46-44-,52-50-. The molecule has 0 aromatic carbocycles. The SMILES string of the molecule is CC/C=C\C/C=C\C/C=C\C/C=C\C/C=C\C/C=C\CCCCCCCCCCCCCCCCC(=O)OC(COC(=O)C/C=C\C/C=C\C/C=C\C/C=C\C/C=C\CC)COP(=O)(O)OCC[N+](C)(C)C. The van der Waals surface area contributed by atoms with E-state index in [9.17, 15) is 19.0 Å².